The molecule has 0 unspecified atom stereocenters. The van der Waals surface area contributed by atoms with Gasteiger partial charge >= 0.3 is 0 Å². The van der Waals surface area contributed by atoms with Crippen molar-refractivity contribution in [1.29, 1.82) is 0 Å². The van der Waals surface area contributed by atoms with E-state index in [1.54, 1.807) is 30.2 Å². The van der Waals surface area contributed by atoms with E-state index >= 15 is 0 Å². The number of hydrogen-bond donors (Lipinski definition) is 2. The monoisotopic (exact) mass is 324 g/mol. The molecule has 1 saturated heterocycles. The number of hydrogen-bond acceptors (Lipinski definition) is 6. The van der Waals surface area contributed by atoms with Crippen LogP contribution in [-0.2, 0) is 4.79 Å². The van der Waals surface area contributed by atoms with Gasteiger partial charge in [-0.3, -0.25) is 4.79 Å². The number of nitrogens with one attached hydrogen (secondary N) is 1. The molecule has 2 rings (SSSR count). The second kappa shape index (κ2) is 8.95. The van der Waals surface area contributed by atoms with E-state index in [-0.39, 0.29) is 24.5 Å². The minimum absolute atomic E-state index is 0.00298. The normalized spacial score (nSPS) is 17.3. The van der Waals surface area contributed by atoms with Gasteiger partial charge in [0.2, 0.25) is 11.9 Å². The van der Waals surface area contributed by atoms with Crippen molar-refractivity contribution in [1.82, 2.24) is 15.3 Å². The van der Waals surface area contributed by atoms with Crippen LogP contribution in [0.4, 0.5) is 5.95 Å². The first-order valence-electron chi connectivity index (χ1n) is 7.66. The fraction of sp³-hybridized carbons (Fsp3) is 0.667. The van der Waals surface area contributed by atoms with Gasteiger partial charge < -0.3 is 15.3 Å². The number of aromatic nitrogens is 2. The minimum Gasteiger partial charge on any atom is -0.394 e. The summed E-state index contributed by atoms with van der Waals surface area (Å²) in [7, 11) is 0. The third kappa shape index (κ3) is 4.84. The van der Waals surface area contributed by atoms with Gasteiger partial charge in [-0.1, -0.05) is 0 Å². The molecule has 122 valence electrons. The Hall–Kier alpha value is -1.34. The van der Waals surface area contributed by atoms with Gasteiger partial charge in [0.1, 0.15) is 0 Å². The summed E-state index contributed by atoms with van der Waals surface area (Å²) >= 11 is 1.72. The van der Waals surface area contributed by atoms with Gasteiger partial charge in [0.25, 0.3) is 0 Å². The summed E-state index contributed by atoms with van der Waals surface area (Å²) in [6, 6.07) is 1.67. The second-order valence-corrected chi connectivity index (χ2v) is 6.47. The number of rotatable bonds is 7. The first-order chi connectivity index (χ1) is 10.7. The fourth-order valence-corrected chi connectivity index (χ4v) is 3.10. The lowest BCUT2D eigenvalue weighted by molar-refractivity contribution is -0.126. The van der Waals surface area contributed by atoms with E-state index in [9.17, 15) is 9.90 Å². The summed E-state index contributed by atoms with van der Waals surface area (Å²) in [6.45, 7) is 1.58. The minimum atomic E-state index is -0.129. The molecule has 1 aromatic rings. The Morgan fingerprint density at radius 3 is 2.73 bits per heavy atom. The van der Waals surface area contributed by atoms with Crippen molar-refractivity contribution in [2.75, 3.05) is 36.6 Å². The summed E-state index contributed by atoms with van der Waals surface area (Å²) in [5.41, 5.74) is 0. The van der Waals surface area contributed by atoms with Crippen LogP contribution in [-0.4, -0.2) is 58.7 Å². The molecule has 22 heavy (non-hydrogen) atoms. The van der Waals surface area contributed by atoms with Crippen LogP contribution in [0.15, 0.2) is 18.5 Å². The SMILES string of the molecule is CSCC[C@H](CO)NC(=O)C1CCN(c2ncccn2)CC1. The Labute approximate surface area is 135 Å². The van der Waals surface area contributed by atoms with Crippen LogP contribution < -0.4 is 10.2 Å². The predicted octanol–water partition coefficient (Wildman–Crippen LogP) is 0.923. The van der Waals surface area contributed by atoms with Crippen molar-refractivity contribution in [3.05, 3.63) is 18.5 Å². The third-order valence-electron chi connectivity index (χ3n) is 3.94. The highest BCUT2D eigenvalue weighted by Gasteiger charge is 2.27. The number of aliphatic hydroxyl groups is 1. The Kier molecular flexibility index (Phi) is 6.92. The molecule has 1 amide bonds. The van der Waals surface area contributed by atoms with E-state index in [0.717, 1.165) is 44.1 Å². The first kappa shape index (κ1) is 17.0. The van der Waals surface area contributed by atoms with Crippen LogP contribution in [0.25, 0.3) is 0 Å². The molecular formula is C15H24N4O2S. The topological polar surface area (TPSA) is 78.4 Å². The highest BCUT2D eigenvalue weighted by atomic mass is 32.2. The number of carbonyl (C=O) groups is 1. The Morgan fingerprint density at radius 2 is 2.14 bits per heavy atom. The number of carbonyl (C=O) groups excluding carboxylic acids is 1. The number of aliphatic hydroxyl groups excluding tert-OH is 1. The van der Waals surface area contributed by atoms with Gasteiger partial charge in [-0.05, 0) is 37.3 Å². The molecule has 7 heteroatoms. The van der Waals surface area contributed by atoms with Crippen molar-refractivity contribution in [2.45, 2.75) is 25.3 Å². The molecule has 1 fully saturated rings. The van der Waals surface area contributed by atoms with E-state index in [2.05, 4.69) is 20.2 Å². The number of anilines is 1. The maximum absolute atomic E-state index is 12.3. The zero-order valence-electron chi connectivity index (χ0n) is 12.9. The van der Waals surface area contributed by atoms with Crippen molar-refractivity contribution in [3.8, 4) is 0 Å². The lowest BCUT2D eigenvalue weighted by Crippen LogP contribution is -2.45. The molecule has 0 aliphatic carbocycles. The molecule has 1 aliphatic heterocycles. The van der Waals surface area contributed by atoms with Crippen LogP contribution in [0.1, 0.15) is 19.3 Å². The molecule has 2 heterocycles. The van der Waals surface area contributed by atoms with Crippen LogP contribution in [0, 0.1) is 5.92 Å². The Bertz CT molecular complexity index is 452. The molecule has 1 atom stereocenters. The standard InChI is InChI=1S/C15H24N4O2S/c1-22-10-5-13(11-20)18-14(21)12-3-8-19(9-4-12)15-16-6-2-7-17-15/h2,6-7,12-13,20H,3-5,8-11H2,1H3,(H,18,21)/t13-/m1/s1. The van der Waals surface area contributed by atoms with Gasteiger partial charge in [-0.2, -0.15) is 11.8 Å². The molecule has 0 spiro atoms. The van der Waals surface area contributed by atoms with Crippen molar-refractivity contribution >= 4 is 23.6 Å². The van der Waals surface area contributed by atoms with Crippen LogP contribution in [0.3, 0.4) is 0 Å². The van der Waals surface area contributed by atoms with Crippen LogP contribution in [0.2, 0.25) is 0 Å². The maximum Gasteiger partial charge on any atom is 0.225 e. The quantitative estimate of drug-likeness (QED) is 0.777. The molecule has 6 nitrogen and oxygen atoms in total. The van der Waals surface area contributed by atoms with Gasteiger partial charge in [0.05, 0.1) is 12.6 Å². The van der Waals surface area contributed by atoms with Crippen LogP contribution in [0.5, 0.6) is 0 Å². The molecular weight excluding hydrogens is 300 g/mol. The number of nitrogens with zero attached hydrogens (tertiary/aromatic N) is 3. The number of piperidine rings is 1. The molecule has 2 N–H and O–H groups in total. The van der Waals surface area contributed by atoms with E-state index in [1.165, 1.54) is 0 Å². The van der Waals surface area contributed by atoms with Gasteiger partial charge in [0.15, 0.2) is 0 Å². The zero-order valence-corrected chi connectivity index (χ0v) is 13.8. The van der Waals surface area contributed by atoms with E-state index < -0.39 is 0 Å². The van der Waals surface area contributed by atoms with Gasteiger partial charge in [-0.25, -0.2) is 9.97 Å². The summed E-state index contributed by atoms with van der Waals surface area (Å²) in [5, 5.41) is 12.3. The average molecular weight is 324 g/mol. The molecule has 0 bridgehead atoms. The predicted molar refractivity (Wildman–Crippen MR) is 89.0 cm³/mol. The zero-order chi connectivity index (χ0) is 15.8. The molecule has 1 aliphatic rings. The summed E-state index contributed by atoms with van der Waals surface area (Å²) in [4.78, 5) is 22.9. The molecule has 0 saturated carbocycles. The van der Waals surface area contributed by atoms with Crippen molar-refractivity contribution < 1.29 is 9.90 Å². The lowest BCUT2D eigenvalue weighted by Gasteiger charge is -2.32. The van der Waals surface area contributed by atoms with Crippen molar-refractivity contribution in [3.63, 3.8) is 0 Å². The summed E-state index contributed by atoms with van der Waals surface area (Å²) in [5.74, 6) is 1.75. The Morgan fingerprint density at radius 1 is 1.45 bits per heavy atom. The molecule has 1 aromatic heterocycles. The van der Waals surface area contributed by atoms with Gasteiger partial charge in [-0.15, -0.1) is 0 Å². The smallest absolute Gasteiger partial charge is 0.225 e. The maximum atomic E-state index is 12.3. The lowest BCUT2D eigenvalue weighted by atomic mass is 9.95. The first-order valence-corrected chi connectivity index (χ1v) is 9.06. The molecule has 0 radical (unpaired) electrons. The third-order valence-corrected chi connectivity index (χ3v) is 4.58. The summed E-state index contributed by atoms with van der Waals surface area (Å²) < 4.78 is 0. The summed E-state index contributed by atoms with van der Waals surface area (Å²) in [6.07, 6.45) is 7.89. The van der Waals surface area contributed by atoms with Gasteiger partial charge in [0, 0.05) is 31.4 Å². The van der Waals surface area contributed by atoms with E-state index in [1.807, 2.05) is 6.26 Å². The van der Waals surface area contributed by atoms with Crippen molar-refractivity contribution in [2.24, 2.45) is 5.92 Å². The average Bonchev–Trinajstić information content (AvgIpc) is 2.59. The number of amides is 1. The highest BCUT2D eigenvalue weighted by Crippen LogP contribution is 2.20. The second-order valence-electron chi connectivity index (χ2n) is 5.48. The van der Waals surface area contributed by atoms with E-state index in [4.69, 9.17) is 0 Å². The fourth-order valence-electron chi connectivity index (χ4n) is 2.58. The molecule has 0 aromatic carbocycles. The van der Waals surface area contributed by atoms with Crippen LogP contribution >= 0.6 is 11.8 Å². The largest absolute Gasteiger partial charge is 0.394 e. The Balaban J connectivity index is 1.79. The van der Waals surface area contributed by atoms with E-state index in [0.29, 0.717) is 0 Å². The highest BCUT2D eigenvalue weighted by molar-refractivity contribution is 7.98. The number of thioether (sulfide) groups is 1.